The summed E-state index contributed by atoms with van der Waals surface area (Å²) in [6.45, 7) is 6.97. The molecule has 3 unspecified atom stereocenters. The first kappa shape index (κ1) is 16.3. The molecule has 21 heavy (non-hydrogen) atoms. The van der Waals surface area contributed by atoms with Gasteiger partial charge in [-0.25, -0.2) is 0 Å². The summed E-state index contributed by atoms with van der Waals surface area (Å²) in [6.07, 6.45) is 4.01. The molecule has 2 rings (SSSR count). The maximum atomic E-state index is 12.4. The molecule has 1 saturated carbocycles. The molecule has 1 aliphatic carbocycles. The Hall–Kier alpha value is -1.10. The van der Waals surface area contributed by atoms with Crippen molar-refractivity contribution < 1.29 is 14.7 Å². The lowest BCUT2D eigenvalue weighted by molar-refractivity contribution is -0.144. The molecule has 0 aromatic carbocycles. The predicted octanol–water partition coefficient (Wildman–Crippen LogP) is 1.30. The summed E-state index contributed by atoms with van der Waals surface area (Å²) < 4.78 is 0. The van der Waals surface area contributed by atoms with Crippen molar-refractivity contribution in [2.75, 3.05) is 13.1 Å². The second-order valence-electron chi connectivity index (χ2n) is 7.48. The highest BCUT2D eigenvalue weighted by atomic mass is 16.3. The smallest absolute Gasteiger partial charge is 0.242 e. The van der Waals surface area contributed by atoms with Gasteiger partial charge in [0.25, 0.3) is 0 Å². The van der Waals surface area contributed by atoms with Crippen molar-refractivity contribution in [3.05, 3.63) is 0 Å². The van der Waals surface area contributed by atoms with E-state index in [1.807, 2.05) is 20.8 Å². The number of carbonyl (C=O) groups is 2. The number of likely N-dealkylation sites (tertiary alicyclic amines) is 1. The van der Waals surface area contributed by atoms with Gasteiger partial charge in [0.15, 0.2) is 0 Å². The standard InChI is InChI=1S/C16H28N2O3/c1-16(2,3)15(21)18-8-4-5-13(18)14(20)17-10-11-6-7-12(19)9-11/h11-13,19H,4-10H2,1-3H3,(H,17,20). The van der Waals surface area contributed by atoms with Gasteiger partial charge in [-0.2, -0.15) is 0 Å². The van der Waals surface area contributed by atoms with Crippen LogP contribution in [0.25, 0.3) is 0 Å². The van der Waals surface area contributed by atoms with Crippen molar-refractivity contribution in [3.8, 4) is 0 Å². The number of nitrogens with one attached hydrogen (secondary N) is 1. The average Bonchev–Trinajstić information content (AvgIpc) is 3.02. The lowest BCUT2D eigenvalue weighted by Crippen LogP contribution is -2.49. The predicted molar refractivity (Wildman–Crippen MR) is 80.5 cm³/mol. The molecule has 5 nitrogen and oxygen atoms in total. The third kappa shape index (κ3) is 3.96. The minimum atomic E-state index is -0.446. The third-order valence-electron chi connectivity index (χ3n) is 4.54. The number of hydrogen-bond donors (Lipinski definition) is 2. The monoisotopic (exact) mass is 296 g/mol. The first-order chi connectivity index (χ1) is 9.79. The first-order valence-corrected chi connectivity index (χ1v) is 8.06. The molecule has 0 radical (unpaired) electrons. The van der Waals surface area contributed by atoms with E-state index < -0.39 is 5.41 Å². The molecular formula is C16H28N2O3. The molecule has 0 aromatic heterocycles. The molecule has 1 heterocycles. The van der Waals surface area contributed by atoms with E-state index in [1.165, 1.54) is 0 Å². The second kappa shape index (κ2) is 6.34. The zero-order valence-corrected chi connectivity index (χ0v) is 13.4. The van der Waals surface area contributed by atoms with Gasteiger partial charge in [-0.3, -0.25) is 9.59 Å². The van der Waals surface area contributed by atoms with Crippen molar-refractivity contribution in [1.82, 2.24) is 10.2 Å². The van der Waals surface area contributed by atoms with Crippen molar-refractivity contribution in [3.63, 3.8) is 0 Å². The fraction of sp³-hybridized carbons (Fsp3) is 0.875. The summed E-state index contributed by atoms with van der Waals surface area (Å²) in [5, 5.41) is 12.5. The van der Waals surface area contributed by atoms with Crippen LogP contribution in [0.15, 0.2) is 0 Å². The zero-order chi connectivity index (χ0) is 15.6. The van der Waals surface area contributed by atoms with Crippen molar-refractivity contribution >= 4 is 11.8 Å². The summed E-state index contributed by atoms with van der Waals surface area (Å²) in [4.78, 5) is 26.5. The van der Waals surface area contributed by atoms with Gasteiger partial charge >= 0.3 is 0 Å². The average molecular weight is 296 g/mol. The second-order valence-corrected chi connectivity index (χ2v) is 7.48. The molecule has 0 aromatic rings. The normalized spacial score (nSPS) is 29.7. The summed E-state index contributed by atoms with van der Waals surface area (Å²) >= 11 is 0. The number of aliphatic hydroxyl groups excluding tert-OH is 1. The van der Waals surface area contributed by atoms with Gasteiger partial charge in [-0.05, 0) is 38.0 Å². The number of hydrogen-bond acceptors (Lipinski definition) is 3. The highest BCUT2D eigenvalue weighted by Crippen LogP contribution is 2.27. The third-order valence-corrected chi connectivity index (χ3v) is 4.54. The van der Waals surface area contributed by atoms with E-state index >= 15 is 0 Å². The van der Waals surface area contributed by atoms with E-state index in [0.29, 0.717) is 19.0 Å². The molecule has 3 atom stereocenters. The summed E-state index contributed by atoms with van der Waals surface area (Å²) in [7, 11) is 0. The van der Waals surface area contributed by atoms with Crippen LogP contribution in [-0.2, 0) is 9.59 Å². The van der Waals surface area contributed by atoms with Gasteiger partial charge in [0.2, 0.25) is 11.8 Å². The molecule has 1 aliphatic heterocycles. The molecule has 1 saturated heterocycles. The summed E-state index contributed by atoms with van der Waals surface area (Å²) in [5.74, 6) is 0.389. The maximum absolute atomic E-state index is 12.4. The fourth-order valence-electron chi connectivity index (χ4n) is 3.31. The van der Waals surface area contributed by atoms with Crippen LogP contribution >= 0.6 is 0 Å². The molecule has 2 fully saturated rings. The van der Waals surface area contributed by atoms with Gasteiger partial charge in [0.05, 0.1) is 6.10 Å². The Balaban J connectivity index is 1.87. The number of amides is 2. The van der Waals surface area contributed by atoms with Gasteiger partial charge < -0.3 is 15.3 Å². The fourth-order valence-corrected chi connectivity index (χ4v) is 3.31. The minimum absolute atomic E-state index is 0.0357. The van der Waals surface area contributed by atoms with Gasteiger partial charge in [-0.15, -0.1) is 0 Å². The Morgan fingerprint density at radius 1 is 1.24 bits per heavy atom. The van der Waals surface area contributed by atoms with Gasteiger partial charge in [0.1, 0.15) is 6.04 Å². The summed E-state index contributed by atoms with van der Waals surface area (Å²) in [5.41, 5.74) is -0.446. The molecule has 0 bridgehead atoms. The van der Waals surface area contributed by atoms with Crippen LogP contribution < -0.4 is 5.32 Å². The Kier molecular flexibility index (Phi) is 4.91. The van der Waals surface area contributed by atoms with Crippen molar-refractivity contribution in [1.29, 1.82) is 0 Å². The molecule has 2 N–H and O–H groups in total. The van der Waals surface area contributed by atoms with Gasteiger partial charge in [0, 0.05) is 18.5 Å². The zero-order valence-electron chi connectivity index (χ0n) is 13.4. The van der Waals surface area contributed by atoms with E-state index in [2.05, 4.69) is 5.32 Å². The number of aliphatic hydroxyl groups is 1. The maximum Gasteiger partial charge on any atom is 0.242 e. The van der Waals surface area contributed by atoms with E-state index in [-0.39, 0.29) is 24.0 Å². The number of rotatable bonds is 3. The quantitative estimate of drug-likeness (QED) is 0.825. The molecular weight excluding hydrogens is 268 g/mol. The SMILES string of the molecule is CC(C)(C)C(=O)N1CCCC1C(=O)NCC1CCC(O)C1. The van der Waals surface area contributed by atoms with Gasteiger partial charge in [-0.1, -0.05) is 20.8 Å². The molecule has 5 heteroatoms. The number of nitrogens with zero attached hydrogens (tertiary/aromatic N) is 1. The van der Waals surface area contributed by atoms with Crippen LogP contribution in [0.3, 0.4) is 0 Å². The number of carbonyl (C=O) groups excluding carboxylic acids is 2. The van der Waals surface area contributed by atoms with Crippen LogP contribution in [0.1, 0.15) is 52.9 Å². The van der Waals surface area contributed by atoms with E-state index in [9.17, 15) is 14.7 Å². The van der Waals surface area contributed by atoms with Crippen LogP contribution in [0, 0.1) is 11.3 Å². The van der Waals surface area contributed by atoms with E-state index in [4.69, 9.17) is 0 Å². The topological polar surface area (TPSA) is 69.6 Å². The van der Waals surface area contributed by atoms with E-state index in [1.54, 1.807) is 4.90 Å². The first-order valence-electron chi connectivity index (χ1n) is 8.06. The molecule has 2 amide bonds. The lowest BCUT2D eigenvalue weighted by atomic mass is 9.94. The van der Waals surface area contributed by atoms with Crippen molar-refractivity contribution in [2.45, 2.75) is 65.0 Å². The Morgan fingerprint density at radius 2 is 1.95 bits per heavy atom. The van der Waals surface area contributed by atoms with E-state index in [0.717, 1.165) is 32.1 Å². The lowest BCUT2D eigenvalue weighted by Gasteiger charge is -2.30. The summed E-state index contributed by atoms with van der Waals surface area (Å²) in [6, 6.07) is -0.317. The minimum Gasteiger partial charge on any atom is -0.393 e. The van der Waals surface area contributed by atoms with Crippen LogP contribution in [0.5, 0.6) is 0 Å². The van der Waals surface area contributed by atoms with Crippen LogP contribution in [0.2, 0.25) is 0 Å². The Bertz CT molecular complexity index is 403. The largest absolute Gasteiger partial charge is 0.393 e. The highest BCUT2D eigenvalue weighted by molar-refractivity contribution is 5.90. The molecule has 0 spiro atoms. The molecule has 2 aliphatic rings. The Labute approximate surface area is 127 Å². The molecule has 120 valence electrons. The highest BCUT2D eigenvalue weighted by Gasteiger charge is 2.38. The van der Waals surface area contributed by atoms with Crippen LogP contribution in [0.4, 0.5) is 0 Å². The van der Waals surface area contributed by atoms with Crippen LogP contribution in [-0.4, -0.2) is 47.1 Å². The Morgan fingerprint density at radius 3 is 2.52 bits per heavy atom. The van der Waals surface area contributed by atoms with Crippen molar-refractivity contribution in [2.24, 2.45) is 11.3 Å².